The lowest BCUT2D eigenvalue weighted by molar-refractivity contribution is -0.132. The van der Waals surface area contributed by atoms with Crippen molar-refractivity contribution in [3.63, 3.8) is 0 Å². The van der Waals surface area contributed by atoms with E-state index in [9.17, 15) is 4.79 Å². The molecule has 0 aliphatic carbocycles. The van der Waals surface area contributed by atoms with E-state index in [0.717, 1.165) is 18.7 Å². The first kappa shape index (κ1) is 12.8. The standard InChI is InChI=1S/C13H19N3O2/c1-9-12(5-6-18-9)16(2)13(17)7-11-4-3-10(14)8-15-11/h3-4,8-9,12H,5-7,14H2,1-2H3. The fourth-order valence-corrected chi connectivity index (χ4v) is 2.23. The molecule has 1 saturated heterocycles. The first-order valence-corrected chi connectivity index (χ1v) is 6.15. The minimum absolute atomic E-state index is 0.0645. The van der Waals surface area contributed by atoms with E-state index < -0.39 is 0 Å². The van der Waals surface area contributed by atoms with Crippen molar-refractivity contribution in [3.8, 4) is 0 Å². The van der Waals surface area contributed by atoms with Crippen molar-refractivity contribution in [2.45, 2.75) is 31.9 Å². The number of nitrogen functional groups attached to an aromatic ring is 1. The SMILES string of the molecule is CC1OCCC1N(C)C(=O)Cc1ccc(N)cn1. The molecular formula is C13H19N3O2. The molecule has 0 bridgehead atoms. The van der Waals surface area contributed by atoms with Crippen LogP contribution in [-0.2, 0) is 16.0 Å². The number of hydrogen-bond acceptors (Lipinski definition) is 4. The van der Waals surface area contributed by atoms with E-state index in [4.69, 9.17) is 10.5 Å². The van der Waals surface area contributed by atoms with Gasteiger partial charge in [0.15, 0.2) is 0 Å². The third-order valence-electron chi connectivity index (χ3n) is 3.41. The summed E-state index contributed by atoms with van der Waals surface area (Å²) in [5.41, 5.74) is 6.91. The molecule has 2 rings (SSSR count). The lowest BCUT2D eigenvalue weighted by atomic mass is 10.1. The quantitative estimate of drug-likeness (QED) is 0.862. The van der Waals surface area contributed by atoms with E-state index in [2.05, 4.69) is 4.98 Å². The van der Waals surface area contributed by atoms with Gasteiger partial charge in [0.05, 0.1) is 30.5 Å². The number of hydrogen-bond donors (Lipinski definition) is 1. The molecule has 0 spiro atoms. The maximum absolute atomic E-state index is 12.1. The number of pyridine rings is 1. The van der Waals surface area contributed by atoms with E-state index >= 15 is 0 Å². The predicted molar refractivity (Wildman–Crippen MR) is 68.9 cm³/mol. The lowest BCUT2D eigenvalue weighted by Crippen LogP contribution is -2.41. The van der Waals surface area contributed by atoms with E-state index in [1.807, 2.05) is 14.0 Å². The third-order valence-corrected chi connectivity index (χ3v) is 3.41. The lowest BCUT2D eigenvalue weighted by Gasteiger charge is -2.26. The number of amides is 1. The molecule has 0 aromatic carbocycles. The maximum Gasteiger partial charge on any atom is 0.228 e. The average molecular weight is 249 g/mol. The number of anilines is 1. The summed E-state index contributed by atoms with van der Waals surface area (Å²) < 4.78 is 5.48. The van der Waals surface area contributed by atoms with Gasteiger partial charge in [-0.3, -0.25) is 9.78 Å². The molecule has 1 fully saturated rings. The summed E-state index contributed by atoms with van der Waals surface area (Å²) in [6, 6.07) is 3.72. The molecule has 1 aromatic rings. The monoisotopic (exact) mass is 249 g/mol. The second kappa shape index (κ2) is 5.35. The summed E-state index contributed by atoms with van der Waals surface area (Å²) in [5, 5.41) is 0. The number of likely N-dealkylation sites (N-methyl/N-ethyl adjacent to an activating group) is 1. The van der Waals surface area contributed by atoms with Gasteiger partial charge in [0.2, 0.25) is 5.91 Å². The molecule has 18 heavy (non-hydrogen) atoms. The van der Waals surface area contributed by atoms with Crippen LogP contribution >= 0.6 is 0 Å². The van der Waals surface area contributed by atoms with E-state index in [0.29, 0.717) is 12.1 Å². The van der Waals surface area contributed by atoms with Gasteiger partial charge in [-0.15, -0.1) is 0 Å². The summed E-state index contributed by atoms with van der Waals surface area (Å²) in [7, 11) is 1.83. The molecule has 2 unspecified atom stereocenters. The average Bonchev–Trinajstić information content (AvgIpc) is 2.77. The van der Waals surface area contributed by atoms with Crippen LogP contribution in [0.25, 0.3) is 0 Å². The molecule has 0 saturated carbocycles. The zero-order valence-corrected chi connectivity index (χ0v) is 10.8. The van der Waals surface area contributed by atoms with Crippen molar-refractivity contribution < 1.29 is 9.53 Å². The van der Waals surface area contributed by atoms with E-state index in [1.54, 1.807) is 23.2 Å². The topological polar surface area (TPSA) is 68.5 Å². The van der Waals surface area contributed by atoms with Gasteiger partial charge in [-0.1, -0.05) is 0 Å². The van der Waals surface area contributed by atoms with Gasteiger partial charge in [0.25, 0.3) is 0 Å². The highest BCUT2D eigenvalue weighted by molar-refractivity contribution is 5.78. The Bertz CT molecular complexity index is 419. The van der Waals surface area contributed by atoms with Gasteiger partial charge in [-0.05, 0) is 25.5 Å². The molecule has 1 aromatic heterocycles. The van der Waals surface area contributed by atoms with Crippen molar-refractivity contribution in [2.24, 2.45) is 0 Å². The number of carbonyl (C=O) groups is 1. The van der Waals surface area contributed by atoms with Crippen LogP contribution in [0.15, 0.2) is 18.3 Å². The summed E-state index contributed by atoms with van der Waals surface area (Å²) >= 11 is 0. The Balaban J connectivity index is 1.97. The minimum Gasteiger partial charge on any atom is -0.397 e. The van der Waals surface area contributed by atoms with Crippen molar-refractivity contribution in [3.05, 3.63) is 24.0 Å². The van der Waals surface area contributed by atoms with E-state index in [-0.39, 0.29) is 18.1 Å². The molecule has 5 heteroatoms. The fourth-order valence-electron chi connectivity index (χ4n) is 2.23. The summed E-state index contributed by atoms with van der Waals surface area (Å²) in [6.07, 6.45) is 2.89. The molecule has 1 amide bonds. The maximum atomic E-state index is 12.1. The van der Waals surface area contributed by atoms with Gasteiger partial charge in [0.1, 0.15) is 0 Å². The minimum atomic E-state index is 0.0645. The Morgan fingerprint density at radius 3 is 2.94 bits per heavy atom. The Hall–Kier alpha value is -1.62. The van der Waals surface area contributed by atoms with Crippen LogP contribution in [-0.4, -0.2) is 41.6 Å². The number of nitrogens with two attached hydrogens (primary N) is 1. The molecule has 2 N–H and O–H groups in total. The number of aromatic nitrogens is 1. The van der Waals surface area contributed by atoms with Gasteiger partial charge < -0.3 is 15.4 Å². The fraction of sp³-hybridized carbons (Fsp3) is 0.538. The first-order chi connectivity index (χ1) is 8.58. The number of carbonyl (C=O) groups excluding carboxylic acids is 1. The van der Waals surface area contributed by atoms with Crippen LogP contribution in [0.5, 0.6) is 0 Å². The van der Waals surface area contributed by atoms with Crippen LogP contribution in [0, 0.1) is 0 Å². The Labute approximate surface area is 107 Å². The first-order valence-electron chi connectivity index (χ1n) is 6.15. The van der Waals surface area contributed by atoms with Crippen molar-refractivity contribution in [2.75, 3.05) is 19.4 Å². The smallest absolute Gasteiger partial charge is 0.228 e. The molecule has 1 aliphatic heterocycles. The molecular weight excluding hydrogens is 230 g/mol. The van der Waals surface area contributed by atoms with Crippen LogP contribution in [0.1, 0.15) is 19.0 Å². The largest absolute Gasteiger partial charge is 0.397 e. The second-order valence-corrected chi connectivity index (χ2v) is 4.70. The number of ether oxygens (including phenoxy) is 1. The van der Waals surface area contributed by atoms with Crippen LogP contribution < -0.4 is 5.73 Å². The summed E-state index contributed by atoms with van der Waals surface area (Å²) in [5.74, 6) is 0.0645. The highest BCUT2D eigenvalue weighted by atomic mass is 16.5. The zero-order chi connectivity index (χ0) is 13.1. The van der Waals surface area contributed by atoms with Crippen LogP contribution in [0.2, 0.25) is 0 Å². The van der Waals surface area contributed by atoms with Gasteiger partial charge in [-0.25, -0.2) is 0 Å². The van der Waals surface area contributed by atoms with Crippen LogP contribution in [0.4, 0.5) is 5.69 Å². The van der Waals surface area contributed by atoms with Gasteiger partial charge in [-0.2, -0.15) is 0 Å². The normalized spacial score (nSPS) is 23.0. The van der Waals surface area contributed by atoms with E-state index in [1.165, 1.54) is 0 Å². The molecule has 1 aliphatic rings. The molecule has 98 valence electrons. The molecule has 5 nitrogen and oxygen atoms in total. The van der Waals surface area contributed by atoms with Crippen molar-refractivity contribution >= 4 is 11.6 Å². The van der Waals surface area contributed by atoms with Crippen LogP contribution in [0.3, 0.4) is 0 Å². The predicted octanol–water partition coefficient (Wildman–Crippen LogP) is 0.842. The number of nitrogens with zero attached hydrogens (tertiary/aromatic N) is 2. The molecule has 2 atom stereocenters. The van der Waals surface area contributed by atoms with Gasteiger partial charge in [0, 0.05) is 19.3 Å². The molecule has 2 heterocycles. The number of rotatable bonds is 3. The Morgan fingerprint density at radius 2 is 2.39 bits per heavy atom. The second-order valence-electron chi connectivity index (χ2n) is 4.70. The summed E-state index contributed by atoms with van der Waals surface area (Å²) in [6.45, 7) is 2.73. The summed E-state index contributed by atoms with van der Waals surface area (Å²) in [4.78, 5) is 18.0. The molecule has 0 radical (unpaired) electrons. The zero-order valence-electron chi connectivity index (χ0n) is 10.8. The highest BCUT2D eigenvalue weighted by Gasteiger charge is 2.30. The van der Waals surface area contributed by atoms with Gasteiger partial charge >= 0.3 is 0 Å². The highest BCUT2D eigenvalue weighted by Crippen LogP contribution is 2.18. The third kappa shape index (κ3) is 2.79. The van der Waals surface area contributed by atoms with Crippen molar-refractivity contribution in [1.29, 1.82) is 0 Å². The Morgan fingerprint density at radius 1 is 1.61 bits per heavy atom. The van der Waals surface area contributed by atoms with Crippen molar-refractivity contribution in [1.82, 2.24) is 9.88 Å². The Kier molecular flexibility index (Phi) is 3.81.